The van der Waals surface area contributed by atoms with E-state index in [1.165, 1.54) is 84.5 Å². The van der Waals surface area contributed by atoms with Gasteiger partial charge in [-0.3, -0.25) is 14.4 Å². The van der Waals surface area contributed by atoms with Gasteiger partial charge in [-0.25, -0.2) is 4.39 Å². The van der Waals surface area contributed by atoms with Crippen molar-refractivity contribution < 1.29 is 37.7 Å². The Bertz CT molecular complexity index is 659. The second-order valence-electron chi connectivity index (χ2n) is 11.3. The van der Waals surface area contributed by atoms with Crippen molar-refractivity contribution in [2.24, 2.45) is 11.8 Å². The predicted octanol–water partition coefficient (Wildman–Crippen LogP) is 7.62. The van der Waals surface area contributed by atoms with Crippen LogP contribution in [0.2, 0.25) is 0 Å². The molecule has 1 heterocycles. The summed E-state index contributed by atoms with van der Waals surface area (Å²) in [4.78, 5) is 33.1. The van der Waals surface area contributed by atoms with Gasteiger partial charge in [0.1, 0.15) is 6.17 Å². The molecule has 1 saturated heterocycles. The van der Waals surface area contributed by atoms with Crippen LogP contribution in [0.1, 0.15) is 137 Å². The Morgan fingerprint density at radius 2 is 1.15 bits per heavy atom. The molecule has 39 heavy (non-hydrogen) atoms. The maximum absolute atomic E-state index is 15.1. The van der Waals surface area contributed by atoms with Gasteiger partial charge in [-0.05, 0) is 18.8 Å². The molecule has 3 unspecified atom stereocenters. The third-order valence-corrected chi connectivity index (χ3v) is 7.93. The van der Waals surface area contributed by atoms with Crippen LogP contribution in [0.4, 0.5) is 4.39 Å². The second kappa shape index (κ2) is 22.0. The zero-order valence-electron chi connectivity index (χ0n) is 25.0. The highest BCUT2D eigenvalue weighted by atomic mass is 19.1. The number of alkyl halides is 1. The van der Waals surface area contributed by atoms with Crippen molar-refractivity contribution in [3.63, 3.8) is 0 Å². The smallest absolute Gasteiger partial charge is 0.305 e. The van der Waals surface area contributed by atoms with Crippen LogP contribution in [0.3, 0.4) is 0 Å². The van der Waals surface area contributed by atoms with Crippen molar-refractivity contribution in [2.45, 2.75) is 162 Å². The van der Waals surface area contributed by atoms with E-state index in [0.717, 1.165) is 32.1 Å². The average molecular weight is 559 g/mol. The van der Waals surface area contributed by atoms with Gasteiger partial charge in [0.2, 0.25) is 6.29 Å². The molecular formula is C31H55FO7. The minimum absolute atomic E-state index is 0.170. The summed E-state index contributed by atoms with van der Waals surface area (Å²) in [7, 11) is 0. The van der Waals surface area contributed by atoms with E-state index in [9.17, 15) is 14.4 Å². The summed E-state index contributed by atoms with van der Waals surface area (Å²) in [6, 6.07) is 0. The minimum atomic E-state index is -1.15. The molecule has 0 spiro atoms. The zero-order valence-corrected chi connectivity index (χ0v) is 25.0. The van der Waals surface area contributed by atoms with E-state index in [1.807, 2.05) is 13.8 Å². The highest BCUT2D eigenvalue weighted by Crippen LogP contribution is 2.36. The van der Waals surface area contributed by atoms with Crippen LogP contribution < -0.4 is 0 Å². The number of carbonyl (C=O) groups is 3. The Labute approximate surface area is 236 Å². The van der Waals surface area contributed by atoms with E-state index < -0.39 is 36.6 Å². The van der Waals surface area contributed by atoms with Gasteiger partial charge in [0.15, 0.2) is 6.10 Å². The number of rotatable bonds is 23. The normalized spacial score (nSPS) is 23.7. The summed E-state index contributed by atoms with van der Waals surface area (Å²) in [5.74, 6) is -1.39. The molecule has 0 aromatic carbocycles. The quantitative estimate of drug-likeness (QED) is 0.0551. The minimum Gasteiger partial charge on any atom is -0.468 e. The van der Waals surface area contributed by atoms with Crippen LogP contribution in [0.25, 0.3) is 0 Å². The van der Waals surface area contributed by atoms with Crippen LogP contribution in [0.15, 0.2) is 0 Å². The van der Waals surface area contributed by atoms with Gasteiger partial charge < -0.3 is 18.9 Å². The molecule has 1 fully saturated rings. The van der Waals surface area contributed by atoms with Gasteiger partial charge in [0.25, 0.3) is 6.47 Å². The summed E-state index contributed by atoms with van der Waals surface area (Å²) in [5.41, 5.74) is 0. The molecule has 8 heteroatoms. The van der Waals surface area contributed by atoms with E-state index >= 15 is 4.39 Å². The van der Waals surface area contributed by atoms with Crippen molar-refractivity contribution in [1.82, 2.24) is 0 Å². The van der Waals surface area contributed by atoms with Gasteiger partial charge >= 0.3 is 11.9 Å². The van der Waals surface area contributed by atoms with Gasteiger partial charge in [0.05, 0.1) is 12.7 Å². The number of hydrogen-bond donors (Lipinski definition) is 0. The standard InChI is InChI=1S/C31H55FO7/c1-24-25(2)30(37-26(3)34)31(38-27(4)35)39-29(24)28(32)21-19-17-15-13-11-9-7-5-6-8-10-12-14-16-18-20-22-36-23-33/h23-25,28-31H,5-22H2,1-4H3/t24-,25-,28-,29?,30?,31?/m0/s1. The summed E-state index contributed by atoms with van der Waals surface area (Å²) in [5, 5.41) is 0. The van der Waals surface area contributed by atoms with Crippen LogP contribution in [0.5, 0.6) is 0 Å². The third-order valence-electron chi connectivity index (χ3n) is 7.93. The molecule has 228 valence electrons. The first-order chi connectivity index (χ1) is 18.8. The molecule has 0 bridgehead atoms. The predicted molar refractivity (Wildman–Crippen MR) is 150 cm³/mol. The van der Waals surface area contributed by atoms with Crippen molar-refractivity contribution in [1.29, 1.82) is 0 Å². The molecule has 1 rings (SSSR count). The molecule has 0 aromatic heterocycles. The number of ether oxygens (including phenoxy) is 4. The first-order valence-electron chi connectivity index (χ1n) is 15.5. The molecule has 0 aliphatic carbocycles. The van der Waals surface area contributed by atoms with Crippen molar-refractivity contribution in [3.05, 3.63) is 0 Å². The number of hydrogen-bond acceptors (Lipinski definition) is 7. The molecule has 0 amide bonds. The Hall–Kier alpha value is -1.70. The Kier molecular flexibility index (Phi) is 20.0. The van der Waals surface area contributed by atoms with Gasteiger partial charge in [0, 0.05) is 19.8 Å². The maximum atomic E-state index is 15.1. The molecular weight excluding hydrogens is 503 g/mol. The average Bonchev–Trinajstić information content (AvgIpc) is 2.89. The SMILES string of the molecule is CC(=O)OC1OC([C@@H](F)CCCCCCCCCCCCCCCCCCOC=O)[C@@H](C)[C@H](C)C1OC(C)=O. The van der Waals surface area contributed by atoms with Gasteiger partial charge in [-0.2, -0.15) is 0 Å². The first kappa shape index (κ1) is 35.3. The molecule has 0 N–H and O–H groups in total. The lowest BCUT2D eigenvalue weighted by Crippen LogP contribution is -2.54. The van der Waals surface area contributed by atoms with E-state index in [0.29, 0.717) is 19.5 Å². The fourth-order valence-corrected chi connectivity index (χ4v) is 5.44. The first-order valence-corrected chi connectivity index (χ1v) is 15.5. The van der Waals surface area contributed by atoms with Crippen molar-refractivity contribution >= 4 is 18.4 Å². The topological polar surface area (TPSA) is 88.1 Å². The number of unbranched alkanes of at least 4 members (excludes halogenated alkanes) is 15. The van der Waals surface area contributed by atoms with E-state index in [1.54, 1.807) is 0 Å². The lowest BCUT2D eigenvalue weighted by atomic mass is 9.81. The lowest BCUT2D eigenvalue weighted by Gasteiger charge is -2.44. The third kappa shape index (κ3) is 16.2. The molecule has 6 atom stereocenters. The number of carbonyl (C=O) groups excluding carboxylic acids is 3. The summed E-state index contributed by atoms with van der Waals surface area (Å²) in [6.07, 6.45) is 15.9. The fourth-order valence-electron chi connectivity index (χ4n) is 5.44. The molecule has 7 nitrogen and oxygen atoms in total. The second-order valence-corrected chi connectivity index (χ2v) is 11.3. The molecule has 0 radical (unpaired) electrons. The van der Waals surface area contributed by atoms with Crippen LogP contribution in [-0.2, 0) is 33.3 Å². The molecule has 0 saturated carbocycles. The highest BCUT2D eigenvalue weighted by molar-refractivity contribution is 5.67. The van der Waals surface area contributed by atoms with Crippen LogP contribution in [0, 0.1) is 11.8 Å². The fraction of sp³-hybridized carbons (Fsp3) is 0.903. The van der Waals surface area contributed by atoms with Crippen molar-refractivity contribution in [2.75, 3.05) is 6.61 Å². The summed E-state index contributed by atoms with van der Waals surface area (Å²) < 4.78 is 36.3. The zero-order chi connectivity index (χ0) is 28.9. The largest absolute Gasteiger partial charge is 0.468 e. The summed E-state index contributed by atoms with van der Waals surface area (Å²) in [6.45, 7) is 7.43. The highest BCUT2D eigenvalue weighted by Gasteiger charge is 2.47. The molecule has 0 aromatic rings. The Morgan fingerprint density at radius 1 is 0.718 bits per heavy atom. The Balaban J connectivity index is 2.06. The number of esters is 2. The molecule has 1 aliphatic heterocycles. The van der Waals surface area contributed by atoms with Crippen molar-refractivity contribution in [3.8, 4) is 0 Å². The van der Waals surface area contributed by atoms with E-state index in [2.05, 4.69) is 0 Å². The maximum Gasteiger partial charge on any atom is 0.305 e. The lowest BCUT2D eigenvalue weighted by molar-refractivity contribution is -0.275. The van der Waals surface area contributed by atoms with Crippen LogP contribution >= 0.6 is 0 Å². The summed E-state index contributed by atoms with van der Waals surface area (Å²) >= 11 is 0. The van der Waals surface area contributed by atoms with E-state index in [4.69, 9.17) is 18.9 Å². The Morgan fingerprint density at radius 3 is 1.59 bits per heavy atom. The van der Waals surface area contributed by atoms with Gasteiger partial charge in [-0.1, -0.05) is 110 Å². The van der Waals surface area contributed by atoms with Gasteiger partial charge in [-0.15, -0.1) is 0 Å². The monoisotopic (exact) mass is 558 g/mol. The molecule has 1 aliphatic rings. The number of halogens is 1. The van der Waals surface area contributed by atoms with Crippen LogP contribution in [-0.4, -0.2) is 49.7 Å². The van der Waals surface area contributed by atoms with E-state index in [-0.39, 0.29) is 11.8 Å².